The third-order valence-corrected chi connectivity index (χ3v) is 7.20. The number of aromatic nitrogens is 5. The lowest BCUT2D eigenvalue weighted by Gasteiger charge is -2.35. The molecular weight excluding hydrogens is 487 g/mol. The minimum atomic E-state index is -4.62. The molecule has 3 aromatic rings. The summed E-state index contributed by atoms with van der Waals surface area (Å²) in [6, 6.07) is 3.84. The summed E-state index contributed by atoms with van der Waals surface area (Å²) in [6.07, 6.45) is 1.99. The SMILES string of the molecule is CCN1C(=O)Cc2nncn2-c2cc(C3CC(NC(=O)c4ccnc(C(F)(F)F)c4)CCC3C)cnc21. The second-order valence-corrected chi connectivity index (χ2v) is 9.54. The van der Waals surface area contributed by atoms with Crippen LogP contribution in [0.3, 0.4) is 0 Å². The average Bonchev–Trinajstić information content (AvgIpc) is 3.29. The van der Waals surface area contributed by atoms with Crippen LogP contribution in [0.1, 0.15) is 66.5 Å². The highest BCUT2D eigenvalue weighted by molar-refractivity contribution is 5.96. The Bertz CT molecular complexity index is 1340. The van der Waals surface area contributed by atoms with Crippen LogP contribution in [0.25, 0.3) is 5.69 Å². The van der Waals surface area contributed by atoms with E-state index in [4.69, 9.17) is 0 Å². The third-order valence-electron chi connectivity index (χ3n) is 7.20. The second-order valence-electron chi connectivity index (χ2n) is 9.54. The molecule has 0 spiro atoms. The Kier molecular flexibility index (Phi) is 6.42. The summed E-state index contributed by atoms with van der Waals surface area (Å²) in [6.45, 7) is 4.49. The normalized spacial score (nSPS) is 21.7. The maximum atomic E-state index is 13.0. The quantitative estimate of drug-likeness (QED) is 0.571. The average molecular weight is 514 g/mol. The highest BCUT2D eigenvalue weighted by Crippen LogP contribution is 2.40. The summed E-state index contributed by atoms with van der Waals surface area (Å²) in [5.41, 5.74) is 0.506. The van der Waals surface area contributed by atoms with Crippen LogP contribution in [-0.4, -0.2) is 49.1 Å². The number of anilines is 1. The molecule has 0 aromatic carbocycles. The number of fused-ring (bicyclic) bond motifs is 3. The van der Waals surface area contributed by atoms with Gasteiger partial charge in [-0.05, 0) is 61.8 Å². The van der Waals surface area contributed by atoms with Crippen LogP contribution < -0.4 is 10.2 Å². The number of carbonyl (C=O) groups excluding carboxylic acids is 2. The number of nitrogens with zero attached hydrogens (tertiary/aromatic N) is 6. The van der Waals surface area contributed by atoms with E-state index in [0.717, 1.165) is 29.9 Å². The number of rotatable bonds is 4. The molecule has 0 bridgehead atoms. The van der Waals surface area contributed by atoms with Crippen molar-refractivity contribution >= 4 is 17.6 Å². The molecule has 3 aromatic heterocycles. The lowest BCUT2D eigenvalue weighted by molar-refractivity contribution is -0.141. The molecular formula is C25H26F3N7O2. The number of alkyl halides is 3. The van der Waals surface area contributed by atoms with E-state index in [-0.39, 0.29) is 29.9 Å². The van der Waals surface area contributed by atoms with Crippen molar-refractivity contribution in [3.63, 3.8) is 0 Å². The number of amides is 2. The fraction of sp³-hybridized carbons (Fsp3) is 0.440. The summed E-state index contributed by atoms with van der Waals surface area (Å²) in [5, 5.41) is 11.0. The van der Waals surface area contributed by atoms with E-state index in [2.05, 4.69) is 32.4 Å². The van der Waals surface area contributed by atoms with Gasteiger partial charge < -0.3 is 5.32 Å². The van der Waals surface area contributed by atoms with E-state index < -0.39 is 17.8 Å². The molecule has 2 amide bonds. The predicted molar refractivity (Wildman–Crippen MR) is 127 cm³/mol. The Morgan fingerprint density at radius 2 is 2.03 bits per heavy atom. The standard InChI is InChI=1S/C25H26F3N7O2/c1-3-34-22(36)11-21-33-31-13-35(21)19-8-16(12-30-23(19)34)18-10-17(5-4-14(18)2)32-24(37)15-6-7-29-20(9-15)25(26,27)28/h6-9,12-14,17-18H,3-5,10-11H2,1-2H3,(H,32,37). The zero-order valence-electron chi connectivity index (χ0n) is 20.4. The molecule has 1 saturated carbocycles. The van der Waals surface area contributed by atoms with Gasteiger partial charge in [-0.2, -0.15) is 13.2 Å². The van der Waals surface area contributed by atoms with Gasteiger partial charge in [-0.15, -0.1) is 10.2 Å². The Hall–Kier alpha value is -3.83. The predicted octanol–water partition coefficient (Wildman–Crippen LogP) is 3.69. The highest BCUT2D eigenvalue weighted by Gasteiger charge is 2.35. The molecule has 1 fully saturated rings. The molecule has 1 N–H and O–H groups in total. The van der Waals surface area contributed by atoms with E-state index >= 15 is 0 Å². The van der Waals surface area contributed by atoms with Gasteiger partial charge in [-0.1, -0.05) is 6.92 Å². The molecule has 194 valence electrons. The van der Waals surface area contributed by atoms with E-state index in [0.29, 0.717) is 36.9 Å². The number of nitrogens with one attached hydrogen (secondary N) is 1. The summed E-state index contributed by atoms with van der Waals surface area (Å²) >= 11 is 0. The molecule has 3 unspecified atom stereocenters. The molecule has 12 heteroatoms. The first-order valence-electron chi connectivity index (χ1n) is 12.2. The topological polar surface area (TPSA) is 106 Å². The van der Waals surface area contributed by atoms with Gasteiger partial charge in [-0.3, -0.25) is 24.0 Å². The van der Waals surface area contributed by atoms with Crippen LogP contribution in [0.4, 0.5) is 19.0 Å². The Morgan fingerprint density at radius 3 is 2.78 bits per heavy atom. The summed E-state index contributed by atoms with van der Waals surface area (Å²) in [4.78, 5) is 35.1. The van der Waals surface area contributed by atoms with Gasteiger partial charge in [0.1, 0.15) is 17.8 Å². The van der Waals surface area contributed by atoms with Crippen molar-refractivity contribution in [3.8, 4) is 5.69 Å². The third kappa shape index (κ3) is 4.79. The maximum absolute atomic E-state index is 13.0. The molecule has 5 rings (SSSR count). The molecule has 9 nitrogen and oxygen atoms in total. The van der Waals surface area contributed by atoms with Crippen molar-refractivity contribution in [1.29, 1.82) is 0 Å². The molecule has 37 heavy (non-hydrogen) atoms. The summed E-state index contributed by atoms with van der Waals surface area (Å²) in [7, 11) is 0. The first-order valence-corrected chi connectivity index (χ1v) is 12.2. The van der Waals surface area contributed by atoms with Crippen molar-refractivity contribution in [2.45, 2.75) is 57.7 Å². The van der Waals surface area contributed by atoms with Crippen molar-refractivity contribution in [1.82, 2.24) is 30.0 Å². The molecule has 1 aliphatic carbocycles. The molecule has 0 radical (unpaired) electrons. The monoisotopic (exact) mass is 513 g/mol. The maximum Gasteiger partial charge on any atom is 0.433 e. The van der Waals surface area contributed by atoms with Gasteiger partial charge in [0.2, 0.25) is 5.91 Å². The smallest absolute Gasteiger partial charge is 0.349 e. The second kappa shape index (κ2) is 9.56. The molecule has 3 atom stereocenters. The Balaban J connectivity index is 1.39. The van der Waals surface area contributed by atoms with Crippen LogP contribution >= 0.6 is 0 Å². The minimum absolute atomic E-state index is 0.0500. The van der Waals surface area contributed by atoms with Crippen molar-refractivity contribution in [3.05, 3.63) is 59.6 Å². The van der Waals surface area contributed by atoms with E-state index in [1.165, 1.54) is 6.07 Å². The van der Waals surface area contributed by atoms with Gasteiger partial charge in [0.15, 0.2) is 5.82 Å². The van der Waals surface area contributed by atoms with Gasteiger partial charge in [-0.25, -0.2) is 4.98 Å². The zero-order chi connectivity index (χ0) is 26.3. The molecule has 4 heterocycles. The lowest BCUT2D eigenvalue weighted by Crippen LogP contribution is -2.40. The van der Waals surface area contributed by atoms with Gasteiger partial charge in [0.25, 0.3) is 5.91 Å². The number of likely N-dealkylation sites (N-methyl/N-ethyl adjacent to an activating group) is 1. The number of pyridine rings is 2. The lowest BCUT2D eigenvalue weighted by atomic mass is 9.74. The molecule has 1 aliphatic heterocycles. The van der Waals surface area contributed by atoms with Gasteiger partial charge >= 0.3 is 6.18 Å². The molecule has 0 saturated heterocycles. The Labute approximate surface area is 211 Å². The van der Waals surface area contributed by atoms with E-state index in [9.17, 15) is 22.8 Å². The van der Waals surface area contributed by atoms with Crippen LogP contribution in [0, 0.1) is 5.92 Å². The summed E-state index contributed by atoms with van der Waals surface area (Å²) < 4.78 is 40.9. The van der Waals surface area contributed by atoms with E-state index in [1.807, 2.05) is 13.0 Å². The van der Waals surface area contributed by atoms with E-state index in [1.54, 1.807) is 22.0 Å². The van der Waals surface area contributed by atoms with Crippen molar-refractivity contribution in [2.75, 3.05) is 11.4 Å². The van der Waals surface area contributed by atoms with Crippen molar-refractivity contribution < 1.29 is 22.8 Å². The first kappa shape index (κ1) is 24.8. The van der Waals surface area contributed by atoms with Crippen LogP contribution in [0.2, 0.25) is 0 Å². The number of hydrogen-bond acceptors (Lipinski definition) is 6. The van der Waals surface area contributed by atoms with Crippen LogP contribution in [0.5, 0.6) is 0 Å². The number of carbonyl (C=O) groups is 2. The van der Waals surface area contributed by atoms with Gasteiger partial charge in [0.05, 0.1) is 12.1 Å². The van der Waals surface area contributed by atoms with Crippen molar-refractivity contribution in [2.24, 2.45) is 5.92 Å². The first-order chi connectivity index (χ1) is 17.7. The zero-order valence-corrected chi connectivity index (χ0v) is 20.4. The number of hydrogen-bond donors (Lipinski definition) is 1. The molecule has 2 aliphatic rings. The van der Waals surface area contributed by atoms with Crippen LogP contribution in [-0.2, 0) is 17.4 Å². The minimum Gasteiger partial charge on any atom is -0.349 e. The fourth-order valence-electron chi connectivity index (χ4n) is 5.22. The fourth-order valence-corrected chi connectivity index (χ4v) is 5.22. The van der Waals surface area contributed by atoms with Gasteiger partial charge in [0, 0.05) is 30.5 Å². The largest absolute Gasteiger partial charge is 0.433 e. The van der Waals surface area contributed by atoms with Crippen LogP contribution in [0.15, 0.2) is 36.9 Å². The Morgan fingerprint density at radius 1 is 1.22 bits per heavy atom. The highest BCUT2D eigenvalue weighted by atomic mass is 19.4. The summed E-state index contributed by atoms with van der Waals surface area (Å²) in [5.74, 6) is 0.765. The number of halogens is 3.